The van der Waals surface area contributed by atoms with Crippen LogP contribution in [0.1, 0.15) is 5.56 Å². The summed E-state index contributed by atoms with van der Waals surface area (Å²) in [5, 5.41) is 0. The van der Waals surface area contributed by atoms with Gasteiger partial charge in [0.25, 0.3) is 0 Å². The topological polar surface area (TPSA) is 38.8 Å². The van der Waals surface area contributed by atoms with Crippen molar-refractivity contribution in [2.75, 3.05) is 12.0 Å². The van der Waals surface area contributed by atoms with Crippen molar-refractivity contribution in [3.05, 3.63) is 60.2 Å². The van der Waals surface area contributed by atoms with E-state index in [-0.39, 0.29) is 6.04 Å². The molecule has 0 radical (unpaired) electrons. The predicted molar refractivity (Wildman–Crippen MR) is 112 cm³/mol. The lowest BCUT2D eigenvalue weighted by Crippen LogP contribution is -2.42. The van der Waals surface area contributed by atoms with Crippen LogP contribution in [0.5, 0.6) is 11.5 Å². The van der Waals surface area contributed by atoms with E-state index >= 15 is 0 Å². The minimum absolute atomic E-state index is 0.367. The van der Waals surface area contributed by atoms with Gasteiger partial charge in [-0.15, -0.1) is 5.54 Å². The van der Waals surface area contributed by atoms with Crippen molar-refractivity contribution >= 4 is 25.9 Å². The van der Waals surface area contributed by atoms with Crippen LogP contribution in [-0.4, -0.2) is 27.3 Å². The molecule has 0 spiro atoms. The van der Waals surface area contributed by atoms with Crippen molar-refractivity contribution in [2.24, 2.45) is 0 Å². The van der Waals surface area contributed by atoms with Crippen molar-refractivity contribution in [1.82, 2.24) is 0 Å². The average molecular weight is 378 g/mol. The summed E-state index contributed by atoms with van der Waals surface area (Å²) in [5.74, 6) is 4.51. The van der Waals surface area contributed by atoms with Crippen LogP contribution >= 0.6 is 0 Å². The third kappa shape index (κ3) is 4.60. The Balaban J connectivity index is 1.99. The highest BCUT2D eigenvalue weighted by atomic mass is 28.3. The van der Waals surface area contributed by atoms with Crippen molar-refractivity contribution in [1.29, 1.82) is 0 Å². The van der Waals surface area contributed by atoms with E-state index in [9.17, 15) is 4.79 Å². The van der Waals surface area contributed by atoms with E-state index in [1.165, 1.54) is 0 Å². The van der Waals surface area contributed by atoms with Gasteiger partial charge in [0.2, 0.25) is 0 Å². The molecule has 1 aliphatic rings. The number of amides is 1. The number of hydrogen-bond donors (Lipinski definition) is 0. The molecule has 3 rings (SSSR count). The molecule has 138 valence electrons. The second-order valence-electron chi connectivity index (χ2n) is 7.30. The maximum Gasteiger partial charge on any atom is 0.421 e. The molecule has 1 amide bonds. The first-order chi connectivity index (χ1) is 12.9. The van der Waals surface area contributed by atoms with Crippen molar-refractivity contribution in [2.45, 2.75) is 25.7 Å². The second-order valence-corrected chi connectivity index (χ2v) is 12.0. The Hall–Kier alpha value is -2.97. The van der Waals surface area contributed by atoms with Gasteiger partial charge in [-0.1, -0.05) is 49.8 Å². The minimum Gasteiger partial charge on any atom is -0.497 e. The number of methoxy groups -OCH3 is 1. The van der Waals surface area contributed by atoms with Crippen LogP contribution in [0.15, 0.2) is 54.6 Å². The van der Waals surface area contributed by atoms with Gasteiger partial charge in [-0.05, 0) is 36.4 Å². The summed E-state index contributed by atoms with van der Waals surface area (Å²) in [6.45, 7) is 6.54. The quantitative estimate of drug-likeness (QED) is 0.547. The van der Waals surface area contributed by atoms with Crippen LogP contribution in [-0.2, 0) is 0 Å². The number of ether oxygens (including phenoxy) is 2. The Kier molecular flexibility index (Phi) is 5.38. The summed E-state index contributed by atoms with van der Waals surface area (Å²) < 4.78 is 10.9. The number of benzene rings is 2. The summed E-state index contributed by atoms with van der Waals surface area (Å²) >= 11 is 0. The molecule has 0 saturated heterocycles. The average Bonchev–Trinajstić information content (AvgIpc) is 2.65. The van der Waals surface area contributed by atoms with Gasteiger partial charge in [-0.3, -0.25) is 4.90 Å². The van der Waals surface area contributed by atoms with Gasteiger partial charge in [0, 0.05) is 5.56 Å². The number of rotatable bonds is 2. The SMILES string of the molecule is COc1ccc2c(c1)C=CC(C#C[Si](C)(C)C)N2C(=O)Oc1ccccc1. The molecule has 0 bridgehead atoms. The Morgan fingerprint density at radius 2 is 1.81 bits per heavy atom. The molecule has 1 heterocycles. The Labute approximate surface area is 161 Å². The smallest absolute Gasteiger partial charge is 0.421 e. The molecule has 0 saturated carbocycles. The summed E-state index contributed by atoms with van der Waals surface area (Å²) in [6.07, 6.45) is 3.46. The highest BCUT2D eigenvalue weighted by molar-refractivity contribution is 6.83. The molecule has 2 aromatic rings. The van der Waals surface area contributed by atoms with E-state index in [1.54, 1.807) is 24.1 Å². The lowest BCUT2D eigenvalue weighted by atomic mass is 10.0. The number of carbonyl (C=O) groups is 1. The Morgan fingerprint density at radius 3 is 2.48 bits per heavy atom. The van der Waals surface area contributed by atoms with E-state index in [4.69, 9.17) is 9.47 Å². The molecule has 0 fully saturated rings. The maximum atomic E-state index is 13.0. The highest BCUT2D eigenvalue weighted by Gasteiger charge is 2.29. The highest BCUT2D eigenvalue weighted by Crippen LogP contribution is 2.32. The fourth-order valence-electron chi connectivity index (χ4n) is 2.70. The van der Waals surface area contributed by atoms with Gasteiger partial charge >= 0.3 is 6.09 Å². The first-order valence-electron chi connectivity index (χ1n) is 8.82. The van der Waals surface area contributed by atoms with Gasteiger partial charge in [-0.25, -0.2) is 4.79 Å². The van der Waals surface area contributed by atoms with Gasteiger partial charge in [0.15, 0.2) is 0 Å². The fourth-order valence-corrected chi connectivity index (χ4v) is 3.28. The molecular weight excluding hydrogens is 354 g/mol. The third-order valence-corrected chi connectivity index (χ3v) is 4.86. The Bertz CT molecular complexity index is 920. The first kappa shape index (κ1) is 18.8. The minimum atomic E-state index is -1.58. The largest absolute Gasteiger partial charge is 0.497 e. The van der Waals surface area contributed by atoms with Gasteiger partial charge in [0.1, 0.15) is 25.6 Å². The van der Waals surface area contributed by atoms with E-state index in [0.717, 1.165) is 17.0 Å². The van der Waals surface area contributed by atoms with E-state index in [1.807, 2.05) is 48.6 Å². The molecule has 2 aromatic carbocycles. The monoisotopic (exact) mass is 377 g/mol. The van der Waals surface area contributed by atoms with Gasteiger partial charge < -0.3 is 9.47 Å². The number of nitrogens with zero attached hydrogens (tertiary/aromatic N) is 1. The first-order valence-corrected chi connectivity index (χ1v) is 12.3. The molecule has 0 aliphatic carbocycles. The van der Waals surface area contributed by atoms with Gasteiger partial charge in [0.05, 0.1) is 12.8 Å². The number of hydrogen-bond acceptors (Lipinski definition) is 3. The van der Waals surface area contributed by atoms with Crippen LogP contribution in [0.4, 0.5) is 10.5 Å². The number of anilines is 1. The summed E-state index contributed by atoms with van der Waals surface area (Å²) in [4.78, 5) is 14.6. The van der Waals surface area contributed by atoms with Gasteiger partial charge in [-0.2, -0.15) is 0 Å². The van der Waals surface area contributed by atoms with Crippen LogP contribution in [0, 0.1) is 11.5 Å². The van der Waals surface area contributed by atoms with E-state index in [0.29, 0.717) is 5.75 Å². The molecular formula is C22H23NO3Si. The summed E-state index contributed by atoms with van der Waals surface area (Å²) in [7, 11) is 0.0432. The zero-order valence-electron chi connectivity index (χ0n) is 16.0. The second kappa shape index (κ2) is 7.73. The lowest BCUT2D eigenvalue weighted by Gasteiger charge is -2.30. The van der Waals surface area contributed by atoms with Crippen molar-refractivity contribution in [3.63, 3.8) is 0 Å². The molecule has 0 N–H and O–H groups in total. The Morgan fingerprint density at radius 1 is 1.07 bits per heavy atom. The number of carbonyl (C=O) groups excluding carboxylic acids is 1. The van der Waals surface area contributed by atoms with E-state index < -0.39 is 14.2 Å². The maximum absolute atomic E-state index is 13.0. The summed E-state index contributed by atoms with van der Waals surface area (Å²) in [6, 6.07) is 14.3. The molecule has 1 unspecified atom stereocenters. The zero-order chi connectivity index (χ0) is 19.4. The standard InChI is InChI=1S/C22H23NO3Si/c1-25-20-12-13-21-17(16-20)10-11-18(14-15-27(2,3)4)23(21)22(24)26-19-8-6-5-7-9-19/h5-13,16,18H,1-4H3. The van der Waals surface area contributed by atoms with E-state index in [2.05, 4.69) is 31.1 Å². The van der Waals surface area contributed by atoms with Crippen LogP contribution < -0.4 is 14.4 Å². The lowest BCUT2D eigenvalue weighted by molar-refractivity contribution is 0.207. The predicted octanol–water partition coefficient (Wildman–Crippen LogP) is 4.98. The molecule has 27 heavy (non-hydrogen) atoms. The summed E-state index contributed by atoms with van der Waals surface area (Å²) in [5.41, 5.74) is 5.01. The normalized spacial score (nSPS) is 15.4. The molecule has 0 aromatic heterocycles. The molecule has 5 heteroatoms. The number of fused-ring (bicyclic) bond motifs is 1. The van der Waals surface area contributed by atoms with Crippen molar-refractivity contribution in [3.8, 4) is 23.0 Å². The van der Waals surface area contributed by atoms with Crippen molar-refractivity contribution < 1.29 is 14.3 Å². The molecule has 1 atom stereocenters. The fraction of sp³-hybridized carbons (Fsp3) is 0.227. The van der Waals surface area contributed by atoms with Crippen LogP contribution in [0.2, 0.25) is 19.6 Å². The third-order valence-electron chi connectivity index (χ3n) is 3.97. The number of para-hydroxylation sites is 1. The molecule has 4 nitrogen and oxygen atoms in total. The van der Waals surface area contributed by atoms with Crippen LogP contribution in [0.3, 0.4) is 0 Å². The van der Waals surface area contributed by atoms with Crippen LogP contribution in [0.25, 0.3) is 6.08 Å². The zero-order valence-corrected chi connectivity index (χ0v) is 17.0. The molecule has 1 aliphatic heterocycles.